The van der Waals surface area contributed by atoms with Crippen LogP contribution in [0.4, 0.5) is 17.1 Å². The molecule has 0 aliphatic rings. The van der Waals surface area contributed by atoms with Gasteiger partial charge in [-0.25, -0.2) is 4.98 Å². The van der Waals surface area contributed by atoms with Crippen LogP contribution >= 0.6 is 0 Å². The molecule has 0 amide bonds. The second-order valence-corrected chi connectivity index (χ2v) is 14.3. The summed E-state index contributed by atoms with van der Waals surface area (Å²) < 4.78 is 15.5. The molecular formula is C51H31N3O2. The maximum Gasteiger partial charge on any atom is 0.227 e. The van der Waals surface area contributed by atoms with Crippen LogP contribution in [0, 0.1) is 0 Å². The van der Waals surface area contributed by atoms with E-state index in [0.29, 0.717) is 5.89 Å². The number of aromatic nitrogens is 2. The zero-order chi connectivity index (χ0) is 36.7. The van der Waals surface area contributed by atoms with Crippen LogP contribution in [-0.4, -0.2) is 9.55 Å². The third-order valence-electron chi connectivity index (χ3n) is 11.2. The van der Waals surface area contributed by atoms with E-state index in [9.17, 15) is 0 Å². The molecule has 0 atom stereocenters. The van der Waals surface area contributed by atoms with Crippen molar-refractivity contribution in [3.63, 3.8) is 0 Å². The maximum absolute atomic E-state index is 6.75. The van der Waals surface area contributed by atoms with E-state index in [1.165, 1.54) is 5.39 Å². The Kier molecular flexibility index (Phi) is 6.56. The highest BCUT2D eigenvalue weighted by Crippen LogP contribution is 2.49. The van der Waals surface area contributed by atoms with Gasteiger partial charge in [0.2, 0.25) is 5.89 Å². The molecule has 0 aliphatic carbocycles. The summed E-state index contributed by atoms with van der Waals surface area (Å²) in [7, 11) is 0. The molecule has 0 N–H and O–H groups in total. The van der Waals surface area contributed by atoms with Gasteiger partial charge in [-0.2, -0.15) is 0 Å². The molecule has 0 radical (unpaired) electrons. The Morgan fingerprint density at radius 1 is 0.446 bits per heavy atom. The van der Waals surface area contributed by atoms with Crippen LogP contribution in [-0.2, 0) is 0 Å². The van der Waals surface area contributed by atoms with Crippen molar-refractivity contribution in [3.05, 3.63) is 188 Å². The lowest BCUT2D eigenvalue weighted by Crippen LogP contribution is -2.11. The number of oxazole rings is 1. The molecule has 12 aromatic rings. The summed E-state index contributed by atoms with van der Waals surface area (Å²) in [5, 5.41) is 8.82. The van der Waals surface area contributed by atoms with E-state index in [0.717, 1.165) is 99.3 Å². The van der Waals surface area contributed by atoms with Gasteiger partial charge in [-0.05, 0) is 83.6 Å². The predicted molar refractivity (Wildman–Crippen MR) is 231 cm³/mol. The number of para-hydroxylation sites is 3. The number of furan rings is 1. The molecule has 9 aromatic carbocycles. The Balaban J connectivity index is 1.24. The number of hydrogen-bond acceptors (Lipinski definition) is 4. The predicted octanol–water partition coefficient (Wildman–Crippen LogP) is 14.3. The van der Waals surface area contributed by atoms with Gasteiger partial charge >= 0.3 is 0 Å². The topological polar surface area (TPSA) is 47.3 Å². The third-order valence-corrected chi connectivity index (χ3v) is 11.2. The van der Waals surface area contributed by atoms with E-state index >= 15 is 0 Å². The molecule has 0 fully saturated rings. The molecule has 56 heavy (non-hydrogen) atoms. The van der Waals surface area contributed by atoms with Gasteiger partial charge in [0, 0.05) is 49.3 Å². The molecule has 12 rings (SSSR count). The van der Waals surface area contributed by atoms with Crippen molar-refractivity contribution in [3.8, 4) is 17.1 Å². The van der Waals surface area contributed by atoms with Gasteiger partial charge in [0.15, 0.2) is 5.58 Å². The fourth-order valence-electron chi connectivity index (χ4n) is 8.74. The van der Waals surface area contributed by atoms with Crippen LogP contribution in [0.25, 0.3) is 93.5 Å². The molecular weight excluding hydrogens is 687 g/mol. The lowest BCUT2D eigenvalue weighted by Gasteiger charge is -2.28. The molecule has 0 bridgehead atoms. The van der Waals surface area contributed by atoms with Crippen molar-refractivity contribution in [2.24, 2.45) is 0 Å². The average molecular weight is 718 g/mol. The molecule has 262 valence electrons. The highest BCUT2D eigenvalue weighted by atomic mass is 16.3. The van der Waals surface area contributed by atoms with Crippen molar-refractivity contribution >= 4 is 93.5 Å². The summed E-state index contributed by atoms with van der Waals surface area (Å²) in [6.45, 7) is 0. The molecule has 0 aliphatic heterocycles. The zero-order valence-electron chi connectivity index (χ0n) is 30.1. The maximum atomic E-state index is 6.75. The SMILES string of the molecule is c1ccc(-c2nc3cc(N(c4ccc5oc6ccccc6c5c4)c4cccc5c4c4ccccc4n5-c4ccccc4)c4ccc5ccccc5c4c3o2)cc1. The molecule has 3 heterocycles. The minimum Gasteiger partial charge on any atom is -0.456 e. The highest BCUT2D eigenvalue weighted by molar-refractivity contribution is 6.24. The quantitative estimate of drug-likeness (QED) is 0.166. The first-order valence-electron chi connectivity index (χ1n) is 18.9. The number of nitrogens with zero attached hydrogens (tertiary/aromatic N) is 3. The first-order chi connectivity index (χ1) is 27.8. The van der Waals surface area contributed by atoms with Gasteiger partial charge in [0.1, 0.15) is 16.7 Å². The van der Waals surface area contributed by atoms with Crippen LogP contribution < -0.4 is 4.90 Å². The van der Waals surface area contributed by atoms with Crippen molar-refractivity contribution in [2.45, 2.75) is 0 Å². The standard InChI is InChI=1S/C51H31N3O2/c1-3-15-33(16-4-1)51-52-41-31-45(39-28-26-32-14-7-8-19-36(32)48(39)50(41)56-51)54(35-27-29-47-40(30-35)37-20-10-12-25-46(37)55-47)44-24-13-23-43-49(44)38-21-9-11-22-42(38)53(43)34-17-5-2-6-18-34/h1-31H. The number of fused-ring (bicyclic) bond motifs is 11. The normalized spacial score (nSPS) is 11.9. The van der Waals surface area contributed by atoms with Gasteiger partial charge in [-0.3, -0.25) is 0 Å². The minimum absolute atomic E-state index is 0.595. The van der Waals surface area contributed by atoms with Crippen molar-refractivity contribution in [1.82, 2.24) is 9.55 Å². The van der Waals surface area contributed by atoms with Crippen LogP contribution in [0.2, 0.25) is 0 Å². The molecule has 5 heteroatoms. The number of hydrogen-bond donors (Lipinski definition) is 0. The van der Waals surface area contributed by atoms with Crippen LogP contribution in [0.1, 0.15) is 0 Å². The minimum atomic E-state index is 0.595. The summed E-state index contributed by atoms with van der Waals surface area (Å²) in [4.78, 5) is 7.61. The fraction of sp³-hybridized carbons (Fsp3) is 0. The molecule has 0 unspecified atom stereocenters. The largest absolute Gasteiger partial charge is 0.456 e. The summed E-state index contributed by atoms with van der Waals surface area (Å²) in [6.07, 6.45) is 0. The molecule has 5 nitrogen and oxygen atoms in total. The van der Waals surface area contributed by atoms with Gasteiger partial charge in [0.05, 0.1) is 22.4 Å². The van der Waals surface area contributed by atoms with E-state index in [4.69, 9.17) is 13.8 Å². The Hall–Kier alpha value is -7.63. The van der Waals surface area contributed by atoms with Crippen LogP contribution in [0.5, 0.6) is 0 Å². The lowest BCUT2D eigenvalue weighted by molar-refractivity contribution is 0.623. The summed E-state index contributed by atoms with van der Waals surface area (Å²) >= 11 is 0. The van der Waals surface area contributed by atoms with E-state index in [2.05, 4.69) is 155 Å². The molecule has 0 saturated carbocycles. The zero-order valence-corrected chi connectivity index (χ0v) is 30.1. The fourth-order valence-corrected chi connectivity index (χ4v) is 8.74. The van der Waals surface area contributed by atoms with E-state index in [-0.39, 0.29) is 0 Å². The number of anilines is 3. The van der Waals surface area contributed by atoms with Crippen LogP contribution in [0.3, 0.4) is 0 Å². The van der Waals surface area contributed by atoms with E-state index in [1.54, 1.807) is 0 Å². The Bertz CT molecular complexity index is 3490. The Labute approximate surface area is 320 Å². The van der Waals surface area contributed by atoms with Gasteiger partial charge in [0.25, 0.3) is 0 Å². The van der Waals surface area contributed by atoms with Crippen molar-refractivity contribution < 1.29 is 8.83 Å². The monoisotopic (exact) mass is 717 g/mol. The average Bonchev–Trinajstić information content (AvgIpc) is 3.96. The second-order valence-electron chi connectivity index (χ2n) is 14.3. The van der Waals surface area contributed by atoms with Gasteiger partial charge in [-0.1, -0.05) is 115 Å². The first kappa shape index (κ1) is 30.8. The third kappa shape index (κ3) is 4.52. The van der Waals surface area contributed by atoms with Gasteiger partial charge < -0.3 is 18.3 Å². The highest BCUT2D eigenvalue weighted by Gasteiger charge is 2.26. The second kappa shape index (κ2) is 11.9. The van der Waals surface area contributed by atoms with E-state index < -0.39 is 0 Å². The first-order valence-corrected chi connectivity index (χ1v) is 18.9. The van der Waals surface area contributed by atoms with Gasteiger partial charge in [-0.15, -0.1) is 0 Å². The summed E-state index contributed by atoms with van der Waals surface area (Å²) in [5.74, 6) is 0.595. The lowest BCUT2D eigenvalue weighted by atomic mass is 9.98. The molecule has 0 saturated heterocycles. The summed E-state index contributed by atoms with van der Waals surface area (Å²) in [6, 6.07) is 66.2. The molecule has 0 spiro atoms. The summed E-state index contributed by atoms with van der Waals surface area (Å²) in [5.41, 5.74) is 10.7. The van der Waals surface area contributed by atoms with Crippen molar-refractivity contribution in [1.29, 1.82) is 0 Å². The Morgan fingerprint density at radius 3 is 2.04 bits per heavy atom. The molecule has 3 aromatic heterocycles. The van der Waals surface area contributed by atoms with E-state index in [1.807, 2.05) is 42.5 Å². The Morgan fingerprint density at radius 2 is 1.16 bits per heavy atom. The van der Waals surface area contributed by atoms with Crippen molar-refractivity contribution in [2.75, 3.05) is 4.90 Å². The number of rotatable bonds is 5. The number of benzene rings is 9. The smallest absolute Gasteiger partial charge is 0.227 e. The van der Waals surface area contributed by atoms with Crippen LogP contribution in [0.15, 0.2) is 197 Å².